The molecule has 1 aliphatic carbocycles. The lowest BCUT2D eigenvalue weighted by atomic mass is 9.98. The van der Waals surface area contributed by atoms with Gasteiger partial charge in [0.15, 0.2) is 0 Å². The minimum atomic E-state index is -0.146. The summed E-state index contributed by atoms with van der Waals surface area (Å²) >= 11 is 0. The van der Waals surface area contributed by atoms with Gasteiger partial charge in [0.1, 0.15) is 0 Å². The van der Waals surface area contributed by atoms with Crippen molar-refractivity contribution in [3.8, 4) is 0 Å². The number of amides is 1. The molecule has 2 heterocycles. The van der Waals surface area contributed by atoms with Crippen LogP contribution in [0.1, 0.15) is 37.7 Å². The summed E-state index contributed by atoms with van der Waals surface area (Å²) in [5.74, 6) is 0.172. The number of carbonyl (C=O) groups is 2. The third-order valence-electron chi connectivity index (χ3n) is 4.60. The fourth-order valence-electron chi connectivity index (χ4n) is 3.07. The van der Waals surface area contributed by atoms with Crippen molar-refractivity contribution in [2.75, 3.05) is 19.7 Å². The number of likely N-dealkylation sites (tertiary alicyclic amines) is 1. The first-order valence-electron chi connectivity index (χ1n) is 8.58. The Bertz CT molecular complexity index is 542. The molecule has 1 aliphatic heterocycles. The Hall–Kier alpha value is -1.91. The number of aryl methyl sites for hydroxylation is 1. The van der Waals surface area contributed by atoms with Crippen LogP contribution >= 0.6 is 0 Å². The molecule has 0 bridgehead atoms. The van der Waals surface area contributed by atoms with E-state index in [9.17, 15) is 9.59 Å². The van der Waals surface area contributed by atoms with Crippen molar-refractivity contribution in [2.24, 2.45) is 11.8 Å². The molecular weight excluding hydrogens is 292 g/mol. The van der Waals surface area contributed by atoms with Gasteiger partial charge in [-0.3, -0.25) is 14.6 Å². The van der Waals surface area contributed by atoms with Gasteiger partial charge in [0.2, 0.25) is 5.91 Å². The Kier molecular flexibility index (Phi) is 5.26. The van der Waals surface area contributed by atoms with Crippen LogP contribution in [-0.4, -0.2) is 41.5 Å². The monoisotopic (exact) mass is 316 g/mol. The van der Waals surface area contributed by atoms with E-state index in [2.05, 4.69) is 4.98 Å². The van der Waals surface area contributed by atoms with Crippen molar-refractivity contribution < 1.29 is 14.3 Å². The molecular formula is C18H24N2O3. The molecule has 0 spiro atoms. The Morgan fingerprint density at radius 3 is 2.70 bits per heavy atom. The van der Waals surface area contributed by atoms with Crippen LogP contribution in [0.2, 0.25) is 0 Å². The van der Waals surface area contributed by atoms with Gasteiger partial charge in [-0.15, -0.1) is 0 Å². The van der Waals surface area contributed by atoms with Crippen molar-refractivity contribution in [2.45, 2.75) is 38.5 Å². The fourth-order valence-corrected chi connectivity index (χ4v) is 3.07. The van der Waals surface area contributed by atoms with Gasteiger partial charge in [-0.05, 0) is 56.2 Å². The van der Waals surface area contributed by atoms with Crippen molar-refractivity contribution in [3.05, 3.63) is 30.1 Å². The Balaban J connectivity index is 1.38. The van der Waals surface area contributed by atoms with Crippen molar-refractivity contribution in [3.63, 3.8) is 0 Å². The van der Waals surface area contributed by atoms with E-state index < -0.39 is 0 Å². The Morgan fingerprint density at radius 2 is 1.96 bits per heavy atom. The predicted molar refractivity (Wildman–Crippen MR) is 85.5 cm³/mol. The lowest BCUT2D eigenvalue weighted by Gasteiger charge is -2.31. The topological polar surface area (TPSA) is 59.5 Å². The number of aromatic nitrogens is 1. The molecule has 1 amide bonds. The quantitative estimate of drug-likeness (QED) is 0.596. The summed E-state index contributed by atoms with van der Waals surface area (Å²) < 4.78 is 5.41. The normalized spacial score (nSPS) is 21.0. The van der Waals surface area contributed by atoms with Crippen molar-refractivity contribution in [1.82, 2.24) is 9.88 Å². The standard InChI is InChI=1S/C18H24N2O3/c21-17(15-5-6-15)20-11-1-4-16(13-20)18(22)23-12-2-3-14-7-9-19-10-8-14/h7-10,15-16H,1-6,11-13H2. The summed E-state index contributed by atoms with van der Waals surface area (Å²) in [6.45, 7) is 1.77. The third kappa shape index (κ3) is 4.53. The fraction of sp³-hybridized carbons (Fsp3) is 0.611. The molecule has 124 valence electrons. The first-order chi connectivity index (χ1) is 11.2. The number of pyridine rings is 1. The molecule has 1 aromatic rings. The van der Waals surface area contributed by atoms with Gasteiger partial charge in [-0.25, -0.2) is 0 Å². The Labute approximate surface area is 137 Å². The number of nitrogens with zero attached hydrogens (tertiary/aromatic N) is 2. The first-order valence-corrected chi connectivity index (χ1v) is 8.58. The van der Waals surface area contributed by atoms with E-state index in [0.717, 1.165) is 45.1 Å². The molecule has 1 aromatic heterocycles. The predicted octanol–water partition coefficient (Wildman–Crippen LogP) is 2.21. The molecule has 3 rings (SSSR count). The molecule has 2 fully saturated rings. The van der Waals surface area contributed by atoms with Crippen LogP contribution in [0.5, 0.6) is 0 Å². The van der Waals surface area contributed by atoms with Gasteiger partial charge in [0, 0.05) is 31.4 Å². The molecule has 1 saturated heterocycles. The summed E-state index contributed by atoms with van der Waals surface area (Å²) in [7, 11) is 0. The summed E-state index contributed by atoms with van der Waals surface area (Å²) in [6, 6.07) is 3.95. The third-order valence-corrected chi connectivity index (χ3v) is 4.60. The molecule has 0 N–H and O–H groups in total. The van der Waals surface area contributed by atoms with Crippen LogP contribution in [0.3, 0.4) is 0 Å². The maximum atomic E-state index is 12.2. The molecule has 1 atom stereocenters. The van der Waals surface area contributed by atoms with Crippen LogP contribution in [-0.2, 0) is 20.7 Å². The number of carbonyl (C=O) groups excluding carboxylic acids is 2. The smallest absolute Gasteiger partial charge is 0.310 e. The zero-order chi connectivity index (χ0) is 16.1. The largest absolute Gasteiger partial charge is 0.465 e. The zero-order valence-corrected chi connectivity index (χ0v) is 13.4. The van der Waals surface area contributed by atoms with Gasteiger partial charge < -0.3 is 9.64 Å². The number of esters is 1. The van der Waals surface area contributed by atoms with Crippen LogP contribution in [0.4, 0.5) is 0 Å². The number of ether oxygens (including phenoxy) is 1. The molecule has 0 radical (unpaired) electrons. The van der Waals surface area contributed by atoms with Crippen LogP contribution in [0.25, 0.3) is 0 Å². The highest BCUT2D eigenvalue weighted by atomic mass is 16.5. The van der Waals surface area contributed by atoms with E-state index in [-0.39, 0.29) is 23.7 Å². The zero-order valence-electron chi connectivity index (χ0n) is 13.4. The maximum absolute atomic E-state index is 12.2. The SMILES string of the molecule is O=C(OCCCc1ccncc1)C1CCCN(C(=O)C2CC2)C1. The Morgan fingerprint density at radius 1 is 1.17 bits per heavy atom. The van der Waals surface area contributed by atoms with E-state index in [0.29, 0.717) is 13.2 Å². The average Bonchev–Trinajstić information content (AvgIpc) is 3.44. The molecule has 0 aromatic carbocycles. The second-order valence-corrected chi connectivity index (χ2v) is 6.52. The minimum absolute atomic E-state index is 0.145. The number of hydrogen-bond acceptors (Lipinski definition) is 4. The summed E-state index contributed by atoms with van der Waals surface area (Å²) in [5, 5.41) is 0. The average molecular weight is 316 g/mol. The maximum Gasteiger partial charge on any atom is 0.310 e. The van der Waals surface area contributed by atoms with E-state index in [1.165, 1.54) is 5.56 Å². The minimum Gasteiger partial charge on any atom is -0.465 e. The molecule has 1 unspecified atom stereocenters. The number of hydrogen-bond donors (Lipinski definition) is 0. The summed E-state index contributed by atoms with van der Waals surface area (Å²) in [6.07, 6.45) is 9.00. The van der Waals surface area contributed by atoms with E-state index in [1.54, 1.807) is 12.4 Å². The molecule has 23 heavy (non-hydrogen) atoms. The van der Waals surface area contributed by atoms with Crippen LogP contribution < -0.4 is 0 Å². The molecule has 5 nitrogen and oxygen atoms in total. The highest BCUT2D eigenvalue weighted by Gasteiger charge is 2.37. The highest BCUT2D eigenvalue weighted by molar-refractivity contribution is 5.82. The second kappa shape index (κ2) is 7.57. The number of rotatable bonds is 6. The van der Waals surface area contributed by atoms with Gasteiger partial charge in [0.05, 0.1) is 12.5 Å². The summed E-state index contributed by atoms with van der Waals surface area (Å²) in [5.41, 5.74) is 1.20. The lowest BCUT2D eigenvalue weighted by molar-refractivity contribution is -0.152. The van der Waals surface area contributed by atoms with Gasteiger partial charge in [-0.1, -0.05) is 0 Å². The lowest BCUT2D eigenvalue weighted by Crippen LogP contribution is -2.43. The molecule has 1 saturated carbocycles. The number of piperidine rings is 1. The van der Waals surface area contributed by atoms with Crippen molar-refractivity contribution in [1.29, 1.82) is 0 Å². The molecule has 2 aliphatic rings. The van der Waals surface area contributed by atoms with E-state index in [1.807, 2.05) is 17.0 Å². The van der Waals surface area contributed by atoms with Gasteiger partial charge in [-0.2, -0.15) is 0 Å². The van der Waals surface area contributed by atoms with E-state index >= 15 is 0 Å². The van der Waals surface area contributed by atoms with Crippen molar-refractivity contribution >= 4 is 11.9 Å². The molecule has 5 heteroatoms. The highest BCUT2D eigenvalue weighted by Crippen LogP contribution is 2.32. The second-order valence-electron chi connectivity index (χ2n) is 6.52. The van der Waals surface area contributed by atoms with Crippen LogP contribution in [0, 0.1) is 11.8 Å². The van der Waals surface area contributed by atoms with Crippen LogP contribution in [0.15, 0.2) is 24.5 Å². The van der Waals surface area contributed by atoms with Gasteiger partial charge >= 0.3 is 5.97 Å². The van der Waals surface area contributed by atoms with E-state index in [4.69, 9.17) is 4.74 Å². The summed E-state index contributed by atoms with van der Waals surface area (Å²) in [4.78, 5) is 30.2. The van der Waals surface area contributed by atoms with Gasteiger partial charge in [0.25, 0.3) is 0 Å². The first kappa shape index (κ1) is 16.0.